The maximum Gasteiger partial charge on any atom is 0.124 e. The van der Waals surface area contributed by atoms with E-state index >= 15 is 0 Å². The van der Waals surface area contributed by atoms with Gasteiger partial charge in [-0.2, -0.15) is 0 Å². The van der Waals surface area contributed by atoms with Gasteiger partial charge in [-0.3, -0.25) is 0 Å². The van der Waals surface area contributed by atoms with Crippen molar-refractivity contribution in [1.29, 1.82) is 0 Å². The summed E-state index contributed by atoms with van der Waals surface area (Å²) in [7, 11) is 0. The Hall–Kier alpha value is -2.65. The van der Waals surface area contributed by atoms with Crippen LogP contribution in [0.2, 0.25) is 0 Å². The molecule has 22 heavy (non-hydrogen) atoms. The van der Waals surface area contributed by atoms with E-state index < -0.39 is 0 Å². The SMILES string of the molecule is c1ccc(Nc2ccc3nc(-c4ccccc4)sc3c2)cc1. The van der Waals surface area contributed by atoms with Crippen molar-refractivity contribution in [2.45, 2.75) is 0 Å². The zero-order valence-corrected chi connectivity index (χ0v) is 12.7. The van der Waals surface area contributed by atoms with Crippen molar-refractivity contribution >= 4 is 32.9 Å². The largest absolute Gasteiger partial charge is 0.355 e. The first-order valence-electron chi connectivity index (χ1n) is 7.16. The molecule has 0 spiro atoms. The Morgan fingerprint density at radius 2 is 1.45 bits per heavy atom. The summed E-state index contributed by atoms with van der Waals surface area (Å²) >= 11 is 1.72. The smallest absolute Gasteiger partial charge is 0.124 e. The van der Waals surface area contributed by atoms with Crippen LogP contribution in [0.1, 0.15) is 0 Å². The lowest BCUT2D eigenvalue weighted by atomic mass is 10.2. The van der Waals surface area contributed by atoms with Gasteiger partial charge in [-0.1, -0.05) is 48.5 Å². The number of aromatic nitrogens is 1. The molecule has 0 saturated carbocycles. The van der Waals surface area contributed by atoms with Crippen LogP contribution in [0.15, 0.2) is 78.9 Å². The number of nitrogens with one attached hydrogen (secondary N) is 1. The highest BCUT2D eigenvalue weighted by Gasteiger charge is 2.06. The number of nitrogens with zero attached hydrogens (tertiary/aromatic N) is 1. The minimum absolute atomic E-state index is 1.04. The third-order valence-corrected chi connectivity index (χ3v) is 4.54. The molecule has 0 atom stereocenters. The highest BCUT2D eigenvalue weighted by Crippen LogP contribution is 2.32. The van der Waals surface area contributed by atoms with Crippen LogP contribution in [0.4, 0.5) is 11.4 Å². The van der Waals surface area contributed by atoms with Crippen LogP contribution in [0, 0.1) is 0 Å². The highest BCUT2D eigenvalue weighted by atomic mass is 32.1. The van der Waals surface area contributed by atoms with Crippen LogP contribution < -0.4 is 5.32 Å². The molecule has 106 valence electrons. The van der Waals surface area contributed by atoms with E-state index in [9.17, 15) is 0 Å². The molecular formula is C19H14N2S. The molecule has 4 rings (SSSR count). The molecule has 0 saturated heterocycles. The van der Waals surface area contributed by atoms with E-state index in [-0.39, 0.29) is 0 Å². The Morgan fingerprint density at radius 3 is 2.23 bits per heavy atom. The molecule has 3 heteroatoms. The highest BCUT2D eigenvalue weighted by molar-refractivity contribution is 7.21. The monoisotopic (exact) mass is 302 g/mol. The molecule has 0 fully saturated rings. The summed E-state index contributed by atoms with van der Waals surface area (Å²) in [5, 5.41) is 4.49. The van der Waals surface area contributed by atoms with Gasteiger partial charge in [-0.25, -0.2) is 4.98 Å². The van der Waals surface area contributed by atoms with E-state index in [2.05, 4.69) is 47.8 Å². The Kier molecular flexibility index (Phi) is 3.33. The molecule has 1 N–H and O–H groups in total. The molecule has 0 aliphatic heterocycles. The van der Waals surface area contributed by atoms with E-state index in [0.29, 0.717) is 0 Å². The molecule has 4 aromatic rings. The summed E-state index contributed by atoms with van der Waals surface area (Å²) in [6.07, 6.45) is 0. The molecule has 0 aliphatic rings. The van der Waals surface area contributed by atoms with Crippen molar-refractivity contribution in [2.24, 2.45) is 0 Å². The van der Waals surface area contributed by atoms with Crippen LogP contribution in [-0.4, -0.2) is 4.98 Å². The number of para-hydroxylation sites is 1. The van der Waals surface area contributed by atoms with Crippen LogP contribution in [0.5, 0.6) is 0 Å². The number of hydrogen-bond donors (Lipinski definition) is 1. The van der Waals surface area contributed by atoms with Crippen molar-refractivity contribution in [2.75, 3.05) is 5.32 Å². The number of rotatable bonds is 3. The lowest BCUT2D eigenvalue weighted by Gasteiger charge is -2.05. The van der Waals surface area contributed by atoms with E-state index in [1.807, 2.05) is 36.4 Å². The molecule has 0 amide bonds. The lowest BCUT2D eigenvalue weighted by Crippen LogP contribution is -1.88. The third-order valence-electron chi connectivity index (χ3n) is 3.47. The van der Waals surface area contributed by atoms with E-state index in [1.54, 1.807) is 11.3 Å². The number of thiazole rings is 1. The first-order chi connectivity index (χ1) is 10.9. The van der Waals surface area contributed by atoms with Gasteiger partial charge in [0.1, 0.15) is 5.01 Å². The zero-order chi connectivity index (χ0) is 14.8. The molecule has 0 aliphatic carbocycles. The van der Waals surface area contributed by atoms with Gasteiger partial charge in [-0.15, -0.1) is 11.3 Å². The van der Waals surface area contributed by atoms with E-state index in [0.717, 1.165) is 21.9 Å². The number of benzene rings is 3. The molecule has 1 heterocycles. The first kappa shape index (κ1) is 13.0. The van der Waals surface area contributed by atoms with Gasteiger partial charge < -0.3 is 5.32 Å². The van der Waals surface area contributed by atoms with E-state index in [1.165, 1.54) is 10.3 Å². The summed E-state index contributed by atoms with van der Waals surface area (Å²) in [6, 6.07) is 26.8. The topological polar surface area (TPSA) is 24.9 Å². The van der Waals surface area contributed by atoms with Gasteiger partial charge in [-0.05, 0) is 30.3 Å². The average Bonchev–Trinajstić information content (AvgIpc) is 3.00. The molecule has 1 aromatic heterocycles. The Morgan fingerprint density at radius 1 is 0.727 bits per heavy atom. The normalized spacial score (nSPS) is 10.7. The quantitative estimate of drug-likeness (QED) is 0.524. The predicted octanol–water partition coefficient (Wildman–Crippen LogP) is 5.71. The minimum atomic E-state index is 1.04. The van der Waals surface area contributed by atoms with Gasteiger partial charge in [0.15, 0.2) is 0 Å². The zero-order valence-electron chi connectivity index (χ0n) is 11.9. The molecule has 0 radical (unpaired) electrons. The second-order valence-electron chi connectivity index (χ2n) is 5.06. The van der Waals surface area contributed by atoms with Gasteiger partial charge in [0, 0.05) is 16.9 Å². The van der Waals surface area contributed by atoms with Crippen LogP contribution in [-0.2, 0) is 0 Å². The number of fused-ring (bicyclic) bond motifs is 1. The summed E-state index contributed by atoms with van der Waals surface area (Å²) < 4.78 is 1.19. The average molecular weight is 302 g/mol. The Bertz CT molecular complexity index is 899. The maximum atomic E-state index is 4.72. The van der Waals surface area contributed by atoms with Crippen molar-refractivity contribution in [3.05, 3.63) is 78.9 Å². The molecule has 0 bridgehead atoms. The summed E-state index contributed by atoms with van der Waals surface area (Å²) in [6.45, 7) is 0. The lowest BCUT2D eigenvalue weighted by molar-refractivity contribution is 1.47. The Labute approximate surface area is 133 Å². The van der Waals surface area contributed by atoms with Crippen molar-refractivity contribution in [1.82, 2.24) is 4.98 Å². The minimum Gasteiger partial charge on any atom is -0.355 e. The summed E-state index contributed by atoms with van der Waals surface area (Å²) in [4.78, 5) is 4.72. The van der Waals surface area contributed by atoms with Gasteiger partial charge in [0.05, 0.1) is 10.2 Å². The van der Waals surface area contributed by atoms with Crippen LogP contribution >= 0.6 is 11.3 Å². The second-order valence-corrected chi connectivity index (χ2v) is 6.09. The van der Waals surface area contributed by atoms with Crippen LogP contribution in [0.3, 0.4) is 0 Å². The van der Waals surface area contributed by atoms with Crippen molar-refractivity contribution < 1.29 is 0 Å². The fourth-order valence-electron chi connectivity index (χ4n) is 2.39. The number of anilines is 2. The fourth-order valence-corrected chi connectivity index (χ4v) is 3.41. The first-order valence-corrected chi connectivity index (χ1v) is 7.98. The Balaban J connectivity index is 1.69. The van der Waals surface area contributed by atoms with Crippen molar-refractivity contribution in [3.63, 3.8) is 0 Å². The van der Waals surface area contributed by atoms with Crippen LogP contribution in [0.25, 0.3) is 20.8 Å². The standard InChI is InChI=1S/C19H14N2S/c1-3-7-14(8-4-1)19-21-17-12-11-16(13-18(17)22-19)20-15-9-5-2-6-10-15/h1-13,20H. The maximum absolute atomic E-state index is 4.72. The van der Waals surface area contributed by atoms with Crippen molar-refractivity contribution in [3.8, 4) is 10.6 Å². The third kappa shape index (κ3) is 2.59. The van der Waals surface area contributed by atoms with Gasteiger partial charge in [0.25, 0.3) is 0 Å². The molecule has 0 unspecified atom stereocenters. The molecular weight excluding hydrogens is 288 g/mol. The van der Waals surface area contributed by atoms with Gasteiger partial charge >= 0.3 is 0 Å². The summed E-state index contributed by atoms with van der Waals surface area (Å²) in [5.74, 6) is 0. The number of hydrogen-bond acceptors (Lipinski definition) is 3. The molecule has 2 nitrogen and oxygen atoms in total. The second kappa shape index (κ2) is 5.62. The summed E-state index contributed by atoms with van der Waals surface area (Å²) in [5.41, 5.74) is 4.39. The van der Waals surface area contributed by atoms with E-state index in [4.69, 9.17) is 4.98 Å². The van der Waals surface area contributed by atoms with Gasteiger partial charge in [0.2, 0.25) is 0 Å². The predicted molar refractivity (Wildman–Crippen MR) is 94.8 cm³/mol. The fraction of sp³-hybridized carbons (Fsp3) is 0. The molecule has 3 aromatic carbocycles.